The second-order valence-corrected chi connectivity index (χ2v) is 8.08. The van der Waals surface area contributed by atoms with Crippen molar-refractivity contribution in [3.05, 3.63) is 65.8 Å². The average Bonchev–Trinajstić information content (AvgIpc) is 3.31. The monoisotopic (exact) mass is 437 g/mol. The van der Waals surface area contributed by atoms with Crippen molar-refractivity contribution in [3.63, 3.8) is 0 Å². The summed E-state index contributed by atoms with van der Waals surface area (Å²) in [6, 6.07) is 12.9. The Morgan fingerprint density at radius 2 is 2.03 bits per heavy atom. The first-order valence-corrected chi connectivity index (χ1v) is 11.0. The van der Waals surface area contributed by atoms with E-state index < -0.39 is 0 Å². The Balaban J connectivity index is 1.29. The summed E-state index contributed by atoms with van der Waals surface area (Å²) in [5.74, 6) is 0.834. The maximum Gasteiger partial charge on any atom is 0.317 e. The van der Waals surface area contributed by atoms with Gasteiger partial charge in [0.05, 0.1) is 5.92 Å². The van der Waals surface area contributed by atoms with Gasteiger partial charge in [0.1, 0.15) is 5.75 Å². The highest BCUT2D eigenvalue weighted by Gasteiger charge is 2.28. The topological polar surface area (TPSA) is 96.5 Å². The third kappa shape index (κ3) is 5.79. The molecule has 0 radical (unpaired) electrons. The van der Waals surface area contributed by atoms with Gasteiger partial charge in [-0.3, -0.25) is 4.79 Å². The largest absolute Gasteiger partial charge is 0.439 e. The lowest BCUT2D eigenvalue weighted by Gasteiger charge is -2.31. The zero-order valence-corrected chi connectivity index (χ0v) is 17.7. The van der Waals surface area contributed by atoms with Crippen LogP contribution in [0.5, 0.6) is 11.6 Å². The summed E-state index contributed by atoms with van der Waals surface area (Å²) in [5.41, 5.74) is 0.879. The van der Waals surface area contributed by atoms with E-state index in [0.717, 1.165) is 18.4 Å². The summed E-state index contributed by atoms with van der Waals surface area (Å²) in [4.78, 5) is 35.1. The smallest absolute Gasteiger partial charge is 0.317 e. The highest BCUT2D eigenvalue weighted by Crippen LogP contribution is 2.21. The van der Waals surface area contributed by atoms with E-state index in [9.17, 15) is 9.59 Å². The molecule has 3 heterocycles. The molecule has 0 saturated carbocycles. The lowest BCUT2D eigenvalue weighted by Crippen LogP contribution is -2.47. The van der Waals surface area contributed by atoms with Gasteiger partial charge in [0.2, 0.25) is 11.8 Å². The Morgan fingerprint density at radius 1 is 1.16 bits per heavy atom. The van der Waals surface area contributed by atoms with E-state index in [-0.39, 0.29) is 17.9 Å². The number of aromatic nitrogens is 2. The molecule has 31 heavy (non-hydrogen) atoms. The number of anilines is 1. The number of para-hydroxylation sites is 1. The van der Waals surface area contributed by atoms with Crippen molar-refractivity contribution in [2.45, 2.75) is 19.4 Å². The van der Waals surface area contributed by atoms with Gasteiger partial charge < -0.3 is 20.3 Å². The number of nitrogens with one attached hydrogen (secondary N) is 2. The maximum absolute atomic E-state index is 12.7. The van der Waals surface area contributed by atoms with Crippen molar-refractivity contribution in [3.8, 4) is 11.6 Å². The van der Waals surface area contributed by atoms with Crippen LogP contribution >= 0.6 is 11.3 Å². The number of likely N-dealkylation sites (tertiary alicyclic amines) is 1. The molecule has 1 aliphatic heterocycles. The SMILES string of the molecule is O=C(Nc1nccs1)[C@H]1CCCN(C(=O)NCc2ccnc(Oc3ccccc3)c2)C1. The van der Waals surface area contributed by atoms with E-state index in [2.05, 4.69) is 20.6 Å². The molecule has 1 aromatic carbocycles. The van der Waals surface area contributed by atoms with Crippen LogP contribution in [0.1, 0.15) is 18.4 Å². The number of urea groups is 1. The number of amides is 3. The van der Waals surface area contributed by atoms with Crippen LogP contribution in [0.3, 0.4) is 0 Å². The second kappa shape index (κ2) is 10.0. The molecule has 8 nitrogen and oxygen atoms in total. The van der Waals surface area contributed by atoms with E-state index in [1.807, 2.05) is 41.8 Å². The molecule has 1 saturated heterocycles. The van der Waals surface area contributed by atoms with E-state index >= 15 is 0 Å². The Morgan fingerprint density at radius 3 is 2.84 bits per heavy atom. The fourth-order valence-electron chi connectivity index (χ4n) is 3.38. The van der Waals surface area contributed by atoms with Crippen molar-refractivity contribution >= 4 is 28.4 Å². The summed E-state index contributed by atoms with van der Waals surface area (Å²) in [6.07, 6.45) is 4.84. The van der Waals surface area contributed by atoms with Gasteiger partial charge in [-0.1, -0.05) is 18.2 Å². The van der Waals surface area contributed by atoms with Crippen LogP contribution in [0.15, 0.2) is 60.2 Å². The number of benzene rings is 1. The van der Waals surface area contributed by atoms with E-state index in [4.69, 9.17) is 4.74 Å². The number of rotatable bonds is 6. The van der Waals surface area contributed by atoms with E-state index in [0.29, 0.717) is 36.4 Å². The minimum atomic E-state index is -0.241. The molecule has 1 aliphatic rings. The van der Waals surface area contributed by atoms with Crippen LogP contribution in [-0.4, -0.2) is 39.9 Å². The summed E-state index contributed by atoms with van der Waals surface area (Å²) in [7, 11) is 0. The molecule has 0 unspecified atom stereocenters. The molecular formula is C22H23N5O3S. The lowest BCUT2D eigenvalue weighted by molar-refractivity contribution is -0.121. The minimum Gasteiger partial charge on any atom is -0.439 e. The fraction of sp³-hybridized carbons (Fsp3) is 0.273. The van der Waals surface area contributed by atoms with Crippen molar-refractivity contribution in [2.24, 2.45) is 5.92 Å². The highest BCUT2D eigenvalue weighted by molar-refractivity contribution is 7.13. The van der Waals surface area contributed by atoms with Gasteiger partial charge in [-0.15, -0.1) is 11.3 Å². The number of carbonyl (C=O) groups is 2. The molecule has 9 heteroatoms. The number of pyridine rings is 1. The van der Waals surface area contributed by atoms with Crippen LogP contribution in [0.4, 0.5) is 9.93 Å². The van der Waals surface area contributed by atoms with Crippen LogP contribution in [0, 0.1) is 5.92 Å². The van der Waals surface area contributed by atoms with Crippen LogP contribution < -0.4 is 15.4 Å². The Bertz CT molecular complexity index is 1010. The number of nitrogens with zero attached hydrogens (tertiary/aromatic N) is 3. The van der Waals surface area contributed by atoms with E-state index in [1.54, 1.807) is 23.4 Å². The fourth-order valence-corrected chi connectivity index (χ4v) is 3.92. The summed E-state index contributed by atoms with van der Waals surface area (Å²) in [6.45, 7) is 1.37. The van der Waals surface area contributed by atoms with Crippen molar-refractivity contribution < 1.29 is 14.3 Å². The predicted octanol–water partition coefficient (Wildman–Crippen LogP) is 3.89. The minimum absolute atomic E-state index is 0.0933. The Kier molecular flexibility index (Phi) is 6.73. The van der Waals surface area contributed by atoms with Gasteiger partial charge in [-0.25, -0.2) is 14.8 Å². The van der Waals surface area contributed by atoms with Crippen LogP contribution in [-0.2, 0) is 11.3 Å². The van der Waals surface area contributed by atoms with E-state index in [1.165, 1.54) is 11.3 Å². The first kappa shape index (κ1) is 20.8. The molecular weight excluding hydrogens is 414 g/mol. The number of hydrogen-bond donors (Lipinski definition) is 2. The molecule has 160 valence electrons. The number of hydrogen-bond acceptors (Lipinski definition) is 6. The first-order valence-electron chi connectivity index (χ1n) is 10.1. The normalized spacial score (nSPS) is 15.9. The number of piperidine rings is 1. The zero-order chi connectivity index (χ0) is 21.5. The molecule has 0 bridgehead atoms. The molecule has 3 amide bonds. The lowest BCUT2D eigenvalue weighted by atomic mass is 9.97. The van der Waals surface area contributed by atoms with Gasteiger partial charge in [-0.2, -0.15) is 0 Å². The Labute approximate surface area is 184 Å². The molecule has 2 aromatic heterocycles. The van der Waals surface area contributed by atoms with Crippen molar-refractivity contribution in [1.29, 1.82) is 0 Å². The summed E-state index contributed by atoms with van der Waals surface area (Å²) in [5, 5.41) is 8.14. The average molecular weight is 438 g/mol. The summed E-state index contributed by atoms with van der Waals surface area (Å²) < 4.78 is 5.74. The van der Waals surface area contributed by atoms with Crippen LogP contribution in [0.25, 0.3) is 0 Å². The third-order valence-electron chi connectivity index (χ3n) is 4.95. The number of ether oxygens (including phenoxy) is 1. The second-order valence-electron chi connectivity index (χ2n) is 7.19. The quantitative estimate of drug-likeness (QED) is 0.610. The zero-order valence-electron chi connectivity index (χ0n) is 16.9. The van der Waals surface area contributed by atoms with Gasteiger partial charge in [0.25, 0.3) is 0 Å². The maximum atomic E-state index is 12.7. The predicted molar refractivity (Wildman–Crippen MR) is 118 cm³/mol. The van der Waals surface area contributed by atoms with Crippen LogP contribution in [0.2, 0.25) is 0 Å². The van der Waals surface area contributed by atoms with Gasteiger partial charge in [0, 0.05) is 43.5 Å². The highest BCUT2D eigenvalue weighted by atomic mass is 32.1. The van der Waals surface area contributed by atoms with Gasteiger partial charge in [0.15, 0.2) is 5.13 Å². The Hall–Kier alpha value is -3.46. The molecule has 1 fully saturated rings. The molecule has 4 rings (SSSR count). The summed E-state index contributed by atoms with van der Waals surface area (Å²) >= 11 is 1.38. The molecule has 0 aliphatic carbocycles. The van der Waals surface area contributed by atoms with Crippen molar-refractivity contribution in [1.82, 2.24) is 20.2 Å². The number of carbonyl (C=O) groups excluding carboxylic acids is 2. The molecule has 0 spiro atoms. The molecule has 3 aromatic rings. The third-order valence-corrected chi connectivity index (χ3v) is 5.64. The first-order chi connectivity index (χ1) is 15.2. The van der Waals surface area contributed by atoms with Crippen molar-refractivity contribution in [2.75, 3.05) is 18.4 Å². The molecule has 2 N–H and O–H groups in total. The van der Waals surface area contributed by atoms with Gasteiger partial charge >= 0.3 is 6.03 Å². The molecule has 1 atom stereocenters. The number of thiazole rings is 1. The van der Waals surface area contributed by atoms with Gasteiger partial charge in [-0.05, 0) is 36.6 Å². The standard InChI is InChI=1S/C22H23N5O3S/c28-20(26-21-24-10-12-31-21)17-5-4-11-27(15-17)22(29)25-14-16-8-9-23-19(13-16)30-18-6-2-1-3-7-18/h1-3,6-10,12-13,17H,4-5,11,14-15H2,(H,25,29)(H,24,26,28)/t17-/m0/s1.